The lowest BCUT2D eigenvalue weighted by molar-refractivity contribution is 0.594. The molecule has 0 radical (unpaired) electrons. The zero-order chi connectivity index (χ0) is 15.8. The van der Waals surface area contributed by atoms with Gasteiger partial charge in [-0.05, 0) is 12.3 Å². The lowest BCUT2D eigenvalue weighted by Crippen LogP contribution is -2.40. The van der Waals surface area contributed by atoms with E-state index < -0.39 is 21.1 Å². The molecule has 2 rings (SSSR count). The first-order valence-electron chi connectivity index (χ1n) is 6.41. The van der Waals surface area contributed by atoms with Gasteiger partial charge in [0.1, 0.15) is 11.9 Å². The van der Waals surface area contributed by atoms with E-state index >= 15 is 0 Å². The van der Waals surface area contributed by atoms with Crippen molar-refractivity contribution in [2.24, 2.45) is 20.0 Å². The summed E-state index contributed by atoms with van der Waals surface area (Å²) in [7, 11) is -0.229. The standard InChI is InChI=1S/C12H16N4O4S/c1-15-10(9(5-13)11(17)16(2)12(15)18)14-6-8-3-4-21(19,20)7-8/h8,14H,3-4,6-7H2,1-2H3/t8-/m0/s1. The molecule has 21 heavy (non-hydrogen) atoms. The Labute approximate surface area is 121 Å². The second-order valence-electron chi connectivity index (χ2n) is 5.19. The molecule has 0 spiro atoms. The van der Waals surface area contributed by atoms with E-state index in [0.717, 1.165) is 4.57 Å². The van der Waals surface area contributed by atoms with Gasteiger partial charge in [0, 0.05) is 20.6 Å². The smallest absolute Gasteiger partial charge is 0.332 e. The van der Waals surface area contributed by atoms with E-state index in [4.69, 9.17) is 5.26 Å². The highest BCUT2D eigenvalue weighted by atomic mass is 32.2. The first-order chi connectivity index (χ1) is 9.76. The summed E-state index contributed by atoms with van der Waals surface area (Å²) in [6.45, 7) is 0.300. The highest BCUT2D eigenvalue weighted by molar-refractivity contribution is 7.91. The van der Waals surface area contributed by atoms with Crippen LogP contribution in [0.15, 0.2) is 9.59 Å². The maximum Gasteiger partial charge on any atom is 0.332 e. The van der Waals surface area contributed by atoms with E-state index in [2.05, 4.69) is 5.32 Å². The van der Waals surface area contributed by atoms with Gasteiger partial charge in [0.25, 0.3) is 5.56 Å². The minimum atomic E-state index is -2.99. The van der Waals surface area contributed by atoms with Crippen LogP contribution in [0.2, 0.25) is 0 Å². The molecule has 114 valence electrons. The molecule has 8 nitrogen and oxygen atoms in total. The number of nitrogens with zero attached hydrogens (tertiary/aromatic N) is 3. The highest BCUT2D eigenvalue weighted by Crippen LogP contribution is 2.19. The molecule has 1 fully saturated rings. The number of rotatable bonds is 3. The molecule has 0 amide bonds. The van der Waals surface area contributed by atoms with E-state index in [1.54, 1.807) is 6.07 Å². The molecule has 1 aliphatic rings. The third-order valence-electron chi connectivity index (χ3n) is 3.66. The molecule has 1 aliphatic heterocycles. The average Bonchev–Trinajstić information content (AvgIpc) is 2.78. The van der Waals surface area contributed by atoms with Gasteiger partial charge in [0.15, 0.2) is 15.4 Å². The van der Waals surface area contributed by atoms with Crippen molar-refractivity contribution in [3.63, 3.8) is 0 Å². The maximum absolute atomic E-state index is 11.9. The van der Waals surface area contributed by atoms with E-state index in [-0.39, 0.29) is 28.8 Å². The fourth-order valence-corrected chi connectivity index (χ4v) is 4.29. The van der Waals surface area contributed by atoms with Gasteiger partial charge in [-0.3, -0.25) is 13.9 Å². The number of hydrogen-bond acceptors (Lipinski definition) is 6. The lowest BCUT2D eigenvalue weighted by Gasteiger charge is -2.15. The molecule has 2 heterocycles. The second kappa shape index (κ2) is 5.37. The van der Waals surface area contributed by atoms with Crippen molar-refractivity contribution >= 4 is 15.7 Å². The van der Waals surface area contributed by atoms with Crippen LogP contribution in [-0.4, -0.2) is 35.6 Å². The van der Waals surface area contributed by atoms with Crippen LogP contribution >= 0.6 is 0 Å². The molecule has 0 aromatic carbocycles. The van der Waals surface area contributed by atoms with Gasteiger partial charge in [0.05, 0.1) is 11.5 Å². The Morgan fingerprint density at radius 3 is 2.52 bits per heavy atom. The molecular formula is C12H16N4O4S. The van der Waals surface area contributed by atoms with Crippen LogP contribution in [0.1, 0.15) is 12.0 Å². The Morgan fingerprint density at radius 2 is 2.00 bits per heavy atom. The number of aromatic nitrogens is 2. The number of hydrogen-bond donors (Lipinski definition) is 1. The fraction of sp³-hybridized carbons (Fsp3) is 0.583. The Balaban J connectivity index is 2.31. The third kappa shape index (κ3) is 2.85. The summed E-state index contributed by atoms with van der Waals surface area (Å²) in [5.41, 5.74) is -1.36. The zero-order valence-corrected chi connectivity index (χ0v) is 12.6. The Morgan fingerprint density at radius 1 is 1.33 bits per heavy atom. The van der Waals surface area contributed by atoms with Crippen LogP contribution < -0.4 is 16.6 Å². The summed E-state index contributed by atoms with van der Waals surface area (Å²) < 4.78 is 24.9. The van der Waals surface area contributed by atoms with Crippen molar-refractivity contribution in [2.45, 2.75) is 6.42 Å². The van der Waals surface area contributed by atoms with E-state index in [9.17, 15) is 18.0 Å². The summed E-state index contributed by atoms with van der Waals surface area (Å²) >= 11 is 0. The van der Waals surface area contributed by atoms with Crippen molar-refractivity contribution in [3.05, 3.63) is 26.4 Å². The molecule has 9 heteroatoms. The molecule has 0 aliphatic carbocycles. The largest absolute Gasteiger partial charge is 0.370 e. The topological polar surface area (TPSA) is 114 Å². The van der Waals surface area contributed by atoms with Crippen LogP contribution in [0.5, 0.6) is 0 Å². The molecule has 0 saturated carbocycles. The molecule has 1 aromatic rings. The minimum absolute atomic E-state index is 0.0827. The van der Waals surface area contributed by atoms with Gasteiger partial charge in [-0.2, -0.15) is 5.26 Å². The Kier molecular flexibility index (Phi) is 3.91. The van der Waals surface area contributed by atoms with Crippen LogP contribution in [-0.2, 0) is 23.9 Å². The van der Waals surface area contributed by atoms with Crippen molar-refractivity contribution in [1.29, 1.82) is 5.26 Å². The first-order valence-corrected chi connectivity index (χ1v) is 8.23. The average molecular weight is 312 g/mol. The molecule has 0 unspecified atom stereocenters. The molecule has 1 N–H and O–H groups in total. The van der Waals surface area contributed by atoms with Crippen LogP contribution in [0.4, 0.5) is 5.82 Å². The van der Waals surface area contributed by atoms with Gasteiger partial charge in [0.2, 0.25) is 0 Å². The quantitative estimate of drug-likeness (QED) is 0.750. The molecule has 0 bridgehead atoms. The van der Waals surface area contributed by atoms with E-state index in [1.807, 2.05) is 0 Å². The fourth-order valence-electron chi connectivity index (χ4n) is 2.43. The predicted molar refractivity (Wildman–Crippen MR) is 76.9 cm³/mol. The monoisotopic (exact) mass is 312 g/mol. The van der Waals surface area contributed by atoms with Crippen molar-refractivity contribution in [1.82, 2.24) is 9.13 Å². The third-order valence-corrected chi connectivity index (χ3v) is 5.50. The lowest BCUT2D eigenvalue weighted by atomic mass is 10.1. The van der Waals surface area contributed by atoms with E-state index in [0.29, 0.717) is 13.0 Å². The van der Waals surface area contributed by atoms with Crippen LogP contribution in [0.25, 0.3) is 0 Å². The van der Waals surface area contributed by atoms with Crippen molar-refractivity contribution in [3.8, 4) is 6.07 Å². The normalized spacial score (nSPS) is 20.1. The van der Waals surface area contributed by atoms with Gasteiger partial charge in [-0.25, -0.2) is 13.2 Å². The van der Waals surface area contributed by atoms with E-state index in [1.165, 1.54) is 18.7 Å². The van der Waals surface area contributed by atoms with Gasteiger partial charge in [-0.15, -0.1) is 0 Å². The molecule has 1 aromatic heterocycles. The number of nitrogens with one attached hydrogen (secondary N) is 1. The highest BCUT2D eigenvalue weighted by Gasteiger charge is 2.28. The van der Waals surface area contributed by atoms with Gasteiger partial charge < -0.3 is 5.32 Å². The van der Waals surface area contributed by atoms with Gasteiger partial charge in [-0.1, -0.05) is 0 Å². The Hall–Kier alpha value is -2.08. The van der Waals surface area contributed by atoms with Crippen LogP contribution in [0.3, 0.4) is 0 Å². The summed E-state index contributed by atoms with van der Waals surface area (Å²) in [4.78, 5) is 23.7. The molecular weight excluding hydrogens is 296 g/mol. The Bertz CT molecular complexity index is 829. The molecule has 1 saturated heterocycles. The van der Waals surface area contributed by atoms with Gasteiger partial charge >= 0.3 is 5.69 Å². The minimum Gasteiger partial charge on any atom is -0.370 e. The first kappa shape index (κ1) is 15.3. The summed E-state index contributed by atoms with van der Waals surface area (Å²) in [5, 5.41) is 12.0. The van der Waals surface area contributed by atoms with Crippen LogP contribution in [0, 0.1) is 17.2 Å². The van der Waals surface area contributed by atoms with Crippen molar-refractivity contribution in [2.75, 3.05) is 23.4 Å². The summed E-state index contributed by atoms with van der Waals surface area (Å²) in [6, 6.07) is 1.79. The number of nitriles is 1. The maximum atomic E-state index is 11.9. The SMILES string of the molecule is Cn1c(NC[C@@H]2CCS(=O)(=O)C2)c(C#N)c(=O)n(C)c1=O. The predicted octanol–water partition coefficient (Wildman–Crippen LogP) is -1.20. The zero-order valence-electron chi connectivity index (χ0n) is 11.8. The number of anilines is 1. The summed E-state index contributed by atoms with van der Waals surface area (Å²) in [6.07, 6.45) is 0.538. The second-order valence-corrected chi connectivity index (χ2v) is 7.42. The summed E-state index contributed by atoms with van der Waals surface area (Å²) in [5.74, 6) is 0.288. The number of sulfone groups is 1. The molecule has 1 atom stereocenters. The van der Waals surface area contributed by atoms with Crippen molar-refractivity contribution < 1.29 is 8.42 Å².